The number of carbonyl (C=O) groups excluding carboxylic acids is 1. The van der Waals surface area contributed by atoms with Crippen molar-refractivity contribution in [1.29, 1.82) is 0 Å². The number of benzene rings is 1. The molecule has 7 heteroatoms. The van der Waals surface area contributed by atoms with Gasteiger partial charge in [-0.25, -0.2) is 8.42 Å². The molecular weight excluding hydrogens is 352 g/mol. The van der Waals surface area contributed by atoms with Crippen molar-refractivity contribution < 1.29 is 17.9 Å². The molecule has 1 aromatic rings. The second kappa shape index (κ2) is 8.86. The Kier molecular flexibility index (Phi) is 7.06. The molecule has 1 aliphatic rings. The molecule has 1 unspecified atom stereocenters. The predicted octanol–water partition coefficient (Wildman–Crippen LogP) is 3.03. The maximum absolute atomic E-state index is 12.9. The minimum Gasteiger partial charge on any atom is -0.495 e. The Morgan fingerprint density at radius 3 is 2.42 bits per heavy atom. The van der Waals surface area contributed by atoms with Crippen LogP contribution in [0, 0.1) is 5.92 Å². The van der Waals surface area contributed by atoms with Gasteiger partial charge in [0.1, 0.15) is 10.6 Å². The minimum atomic E-state index is -3.66. The van der Waals surface area contributed by atoms with Gasteiger partial charge in [0.2, 0.25) is 10.0 Å². The highest BCUT2D eigenvalue weighted by Gasteiger charge is 2.30. The second-order valence-electron chi connectivity index (χ2n) is 7.32. The zero-order valence-corrected chi connectivity index (χ0v) is 16.9. The van der Waals surface area contributed by atoms with Gasteiger partial charge >= 0.3 is 0 Å². The van der Waals surface area contributed by atoms with Crippen LogP contribution in [-0.2, 0) is 10.0 Å². The van der Waals surface area contributed by atoms with Gasteiger partial charge in [-0.05, 0) is 56.7 Å². The van der Waals surface area contributed by atoms with Crippen molar-refractivity contribution in [3.63, 3.8) is 0 Å². The first-order valence-electron chi connectivity index (χ1n) is 9.24. The molecule has 1 N–H and O–H groups in total. The summed E-state index contributed by atoms with van der Waals surface area (Å²) in [6.45, 7) is 7.27. The zero-order valence-electron chi connectivity index (χ0n) is 16.1. The maximum atomic E-state index is 12.9. The van der Waals surface area contributed by atoms with E-state index in [-0.39, 0.29) is 22.6 Å². The van der Waals surface area contributed by atoms with Crippen LogP contribution in [0.25, 0.3) is 0 Å². The normalized spacial score (nSPS) is 16.7. The number of nitrogens with zero attached hydrogens (tertiary/aromatic N) is 1. The van der Waals surface area contributed by atoms with Gasteiger partial charge in [-0.2, -0.15) is 4.31 Å². The van der Waals surface area contributed by atoms with Crippen LogP contribution in [-0.4, -0.2) is 44.9 Å². The Balaban J connectivity index is 2.22. The molecule has 0 saturated carbocycles. The van der Waals surface area contributed by atoms with Crippen molar-refractivity contribution in [2.75, 3.05) is 20.2 Å². The lowest BCUT2D eigenvalue weighted by Gasteiger charge is -2.19. The number of sulfonamides is 1. The molecule has 1 saturated heterocycles. The van der Waals surface area contributed by atoms with E-state index < -0.39 is 10.0 Å². The van der Waals surface area contributed by atoms with Crippen molar-refractivity contribution >= 4 is 15.9 Å². The Morgan fingerprint density at radius 2 is 1.85 bits per heavy atom. The summed E-state index contributed by atoms with van der Waals surface area (Å²) in [5, 5.41) is 2.95. The maximum Gasteiger partial charge on any atom is 0.251 e. The molecule has 26 heavy (non-hydrogen) atoms. The van der Waals surface area contributed by atoms with Crippen LogP contribution in [0.3, 0.4) is 0 Å². The van der Waals surface area contributed by atoms with Crippen molar-refractivity contribution in [2.24, 2.45) is 5.92 Å². The number of amides is 1. The van der Waals surface area contributed by atoms with Gasteiger partial charge in [-0.1, -0.05) is 13.8 Å². The first-order valence-corrected chi connectivity index (χ1v) is 10.7. The van der Waals surface area contributed by atoms with Crippen LogP contribution >= 0.6 is 0 Å². The summed E-state index contributed by atoms with van der Waals surface area (Å²) in [6, 6.07) is 4.62. The topological polar surface area (TPSA) is 75.7 Å². The predicted molar refractivity (Wildman–Crippen MR) is 102 cm³/mol. The number of rotatable bonds is 8. The fourth-order valence-electron chi connectivity index (χ4n) is 3.05. The van der Waals surface area contributed by atoms with Crippen molar-refractivity contribution in [3.05, 3.63) is 23.8 Å². The number of nitrogens with one attached hydrogen (secondary N) is 1. The van der Waals surface area contributed by atoms with Crippen LogP contribution < -0.4 is 10.1 Å². The SMILES string of the molecule is COc1ccc(C(=O)NC(C)CCC(C)C)cc1S(=O)(=O)N1CCCC1. The molecule has 1 aliphatic heterocycles. The van der Waals surface area contributed by atoms with Gasteiger partial charge in [-0.15, -0.1) is 0 Å². The molecule has 0 aliphatic carbocycles. The minimum absolute atomic E-state index is 0.0330. The van der Waals surface area contributed by atoms with Gasteiger partial charge in [0.05, 0.1) is 7.11 Å². The molecule has 2 rings (SSSR count). The lowest BCUT2D eigenvalue weighted by molar-refractivity contribution is 0.0937. The van der Waals surface area contributed by atoms with E-state index in [1.807, 2.05) is 6.92 Å². The summed E-state index contributed by atoms with van der Waals surface area (Å²) in [7, 11) is -2.22. The average molecular weight is 383 g/mol. The number of hydrogen-bond acceptors (Lipinski definition) is 4. The van der Waals surface area contributed by atoms with Crippen LogP contribution in [0.2, 0.25) is 0 Å². The van der Waals surface area contributed by atoms with Crippen molar-refractivity contribution in [2.45, 2.75) is 57.4 Å². The first-order chi connectivity index (χ1) is 12.3. The van der Waals surface area contributed by atoms with Crippen LogP contribution in [0.5, 0.6) is 5.75 Å². The molecular formula is C19H30N2O4S. The van der Waals surface area contributed by atoms with Gasteiger partial charge < -0.3 is 10.1 Å². The summed E-state index contributed by atoms with van der Waals surface area (Å²) in [5.74, 6) is 0.579. The number of carbonyl (C=O) groups is 1. The zero-order chi connectivity index (χ0) is 19.3. The van der Waals surface area contributed by atoms with E-state index in [1.165, 1.54) is 17.5 Å². The highest BCUT2D eigenvalue weighted by Crippen LogP contribution is 2.29. The molecule has 1 aromatic carbocycles. The van der Waals surface area contributed by atoms with E-state index in [4.69, 9.17) is 4.74 Å². The quantitative estimate of drug-likeness (QED) is 0.750. The Labute approximate surface area is 157 Å². The molecule has 1 fully saturated rings. The van der Waals surface area contributed by atoms with Gasteiger partial charge in [0.25, 0.3) is 5.91 Å². The monoisotopic (exact) mass is 382 g/mol. The Hall–Kier alpha value is -1.60. The highest BCUT2D eigenvalue weighted by atomic mass is 32.2. The van der Waals surface area contributed by atoms with Crippen LogP contribution in [0.1, 0.15) is 56.8 Å². The lowest BCUT2D eigenvalue weighted by atomic mass is 10.0. The van der Waals surface area contributed by atoms with E-state index in [1.54, 1.807) is 12.1 Å². The number of ether oxygens (including phenoxy) is 1. The summed E-state index contributed by atoms with van der Waals surface area (Å²) >= 11 is 0. The summed E-state index contributed by atoms with van der Waals surface area (Å²) in [4.78, 5) is 12.6. The third kappa shape index (κ3) is 4.98. The second-order valence-corrected chi connectivity index (χ2v) is 9.23. The first kappa shape index (κ1) is 20.7. The number of hydrogen-bond donors (Lipinski definition) is 1. The fraction of sp³-hybridized carbons (Fsp3) is 0.632. The molecule has 0 radical (unpaired) electrons. The summed E-state index contributed by atoms with van der Waals surface area (Å²) in [5.41, 5.74) is 0.333. The van der Waals surface area contributed by atoms with E-state index in [0.29, 0.717) is 24.6 Å². The van der Waals surface area contributed by atoms with E-state index in [9.17, 15) is 13.2 Å². The molecule has 0 aromatic heterocycles. The Morgan fingerprint density at radius 1 is 1.19 bits per heavy atom. The molecule has 6 nitrogen and oxygen atoms in total. The van der Waals surface area contributed by atoms with E-state index in [2.05, 4.69) is 19.2 Å². The molecule has 1 amide bonds. The third-order valence-corrected chi connectivity index (χ3v) is 6.58. The standard InChI is InChI=1S/C19H30N2O4S/c1-14(2)7-8-15(3)20-19(22)16-9-10-17(25-4)18(13-16)26(23,24)21-11-5-6-12-21/h9-10,13-15H,5-8,11-12H2,1-4H3,(H,20,22). The van der Waals surface area contributed by atoms with Gasteiger partial charge in [-0.3, -0.25) is 4.79 Å². The smallest absolute Gasteiger partial charge is 0.251 e. The molecule has 0 spiro atoms. The lowest BCUT2D eigenvalue weighted by Crippen LogP contribution is -2.33. The summed E-state index contributed by atoms with van der Waals surface area (Å²) < 4.78 is 32.5. The van der Waals surface area contributed by atoms with E-state index in [0.717, 1.165) is 25.7 Å². The third-order valence-electron chi connectivity index (χ3n) is 4.66. The Bertz CT molecular complexity index is 725. The van der Waals surface area contributed by atoms with E-state index >= 15 is 0 Å². The molecule has 146 valence electrons. The molecule has 0 bridgehead atoms. The van der Waals surface area contributed by atoms with Crippen molar-refractivity contribution in [3.8, 4) is 5.75 Å². The molecule has 1 atom stereocenters. The fourth-order valence-corrected chi connectivity index (χ4v) is 4.75. The number of methoxy groups -OCH3 is 1. The highest BCUT2D eigenvalue weighted by molar-refractivity contribution is 7.89. The van der Waals surface area contributed by atoms with Crippen molar-refractivity contribution in [1.82, 2.24) is 9.62 Å². The van der Waals surface area contributed by atoms with Gasteiger partial charge in [0, 0.05) is 24.7 Å². The summed E-state index contributed by atoms with van der Waals surface area (Å²) in [6.07, 6.45) is 3.63. The average Bonchev–Trinajstić information content (AvgIpc) is 3.14. The molecule has 1 heterocycles. The van der Waals surface area contributed by atoms with Crippen LogP contribution in [0.4, 0.5) is 0 Å². The largest absolute Gasteiger partial charge is 0.495 e. The van der Waals surface area contributed by atoms with Crippen LogP contribution in [0.15, 0.2) is 23.1 Å². The van der Waals surface area contributed by atoms with Gasteiger partial charge in [0.15, 0.2) is 0 Å².